The number of hydrogen-bond donors (Lipinski definition) is 2. The van der Waals surface area contributed by atoms with Crippen molar-refractivity contribution in [2.45, 2.75) is 19.9 Å². The van der Waals surface area contributed by atoms with Gasteiger partial charge in [0.2, 0.25) is 0 Å². The highest BCUT2D eigenvalue weighted by Crippen LogP contribution is 2.23. The Bertz CT molecular complexity index is 295. The van der Waals surface area contributed by atoms with Crippen molar-refractivity contribution in [3.8, 4) is 0 Å². The summed E-state index contributed by atoms with van der Waals surface area (Å²) in [6.45, 7) is 3.55. The molecule has 66 valence electrons. The van der Waals surface area contributed by atoms with Gasteiger partial charge in [0, 0.05) is 11.7 Å². The Morgan fingerprint density at radius 3 is 2.50 bits per heavy atom. The SMILES string of the molecule is Cc1cc(F)cc([C@H](C)N)c1N. The fraction of sp³-hybridized carbons (Fsp3) is 0.333. The lowest BCUT2D eigenvalue weighted by atomic mass is 10.0. The van der Waals surface area contributed by atoms with Gasteiger partial charge in [0.1, 0.15) is 5.82 Å². The molecule has 0 radical (unpaired) electrons. The molecule has 3 heteroatoms. The highest BCUT2D eigenvalue weighted by atomic mass is 19.1. The molecule has 0 bridgehead atoms. The lowest BCUT2D eigenvalue weighted by Crippen LogP contribution is -2.09. The number of aryl methyl sites for hydroxylation is 1. The molecule has 0 saturated heterocycles. The van der Waals surface area contributed by atoms with E-state index in [1.807, 2.05) is 0 Å². The van der Waals surface area contributed by atoms with Crippen molar-refractivity contribution in [2.24, 2.45) is 5.73 Å². The number of anilines is 1. The number of hydrogen-bond acceptors (Lipinski definition) is 2. The van der Waals surface area contributed by atoms with Crippen molar-refractivity contribution in [2.75, 3.05) is 5.73 Å². The maximum absolute atomic E-state index is 12.9. The molecule has 0 spiro atoms. The largest absolute Gasteiger partial charge is 0.398 e. The highest BCUT2D eigenvalue weighted by molar-refractivity contribution is 5.54. The number of benzene rings is 1. The monoisotopic (exact) mass is 168 g/mol. The molecule has 0 aliphatic rings. The summed E-state index contributed by atoms with van der Waals surface area (Å²) < 4.78 is 12.9. The van der Waals surface area contributed by atoms with E-state index in [4.69, 9.17) is 11.5 Å². The summed E-state index contributed by atoms with van der Waals surface area (Å²) in [5.41, 5.74) is 13.3. The Labute approximate surface area is 71.4 Å². The van der Waals surface area contributed by atoms with Crippen LogP contribution in [0.1, 0.15) is 24.1 Å². The van der Waals surface area contributed by atoms with Crippen LogP contribution in [0.15, 0.2) is 12.1 Å². The third-order valence-electron chi connectivity index (χ3n) is 1.87. The number of halogens is 1. The van der Waals surface area contributed by atoms with Crippen molar-refractivity contribution in [1.82, 2.24) is 0 Å². The van der Waals surface area contributed by atoms with Gasteiger partial charge in [0.25, 0.3) is 0 Å². The molecule has 0 aliphatic carbocycles. The van der Waals surface area contributed by atoms with E-state index >= 15 is 0 Å². The molecule has 0 amide bonds. The molecule has 1 aromatic rings. The zero-order valence-electron chi connectivity index (χ0n) is 7.26. The maximum atomic E-state index is 12.9. The van der Waals surface area contributed by atoms with Gasteiger partial charge >= 0.3 is 0 Å². The van der Waals surface area contributed by atoms with Gasteiger partial charge in [-0.2, -0.15) is 0 Å². The van der Waals surface area contributed by atoms with Crippen LogP contribution < -0.4 is 11.5 Å². The number of rotatable bonds is 1. The van der Waals surface area contributed by atoms with Crippen molar-refractivity contribution in [3.63, 3.8) is 0 Å². The molecule has 1 rings (SSSR count). The molecule has 0 saturated carbocycles. The summed E-state index contributed by atoms with van der Waals surface area (Å²) in [5, 5.41) is 0. The lowest BCUT2D eigenvalue weighted by Gasteiger charge is -2.11. The minimum atomic E-state index is -0.283. The third-order valence-corrected chi connectivity index (χ3v) is 1.87. The van der Waals surface area contributed by atoms with E-state index in [2.05, 4.69) is 0 Å². The second kappa shape index (κ2) is 3.11. The smallest absolute Gasteiger partial charge is 0.123 e. The summed E-state index contributed by atoms with van der Waals surface area (Å²) in [4.78, 5) is 0. The Morgan fingerprint density at radius 1 is 1.42 bits per heavy atom. The van der Waals surface area contributed by atoms with Crippen molar-refractivity contribution in [3.05, 3.63) is 29.1 Å². The van der Waals surface area contributed by atoms with Gasteiger partial charge in [-0.3, -0.25) is 0 Å². The van der Waals surface area contributed by atoms with E-state index in [-0.39, 0.29) is 11.9 Å². The predicted octanol–water partition coefficient (Wildman–Crippen LogP) is 1.74. The molecule has 0 heterocycles. The van der Waals surface area contributed by atoms with Gasteiger partial charge in [-0.1, -0.05) is 0 Å². The molecule has 1 atom stereocenters. The summed E-state index contributed by atoms with van der Waals surface area (Å²) in [6, 6.07) is 2.56. The topological polar surface area (TPSA) is 52.0 Å². The van der Waals surface area contributed by atoms with Gasteiger partial charge in [-0.05, 0) is 37.1 Å². The standard InChI is InChI=1S/C9H13FN2/c1-5-3-7(10)4-8(6(2)11)9(5)12/h3-4,6H,11-12H2,1-2H3/t6-/m0/s1. The first-order chi connectivity index (χ1) is 5.52. The highest BCUT2D eigenvalue weighted by Gasteiger charge is 2.08. The first-order valence-electron chi connectivity index (χ1n) is 3.83. The van der Waals surface area contributed by atoms with Crippen LogP contribution in [0, 0.1) is 12.7 Å². The Morgan fingerprint density at radius 2 is 2.00 bits per heavy atom. The fourth-order valence-corrected chi connectivity index (χ4v) is 1.16. The van der Waals surface area contributed by atoms with Crippen LogP contribution in [0.25, 0.3) is 0 Å². The molecule has 4 N–H and O–H groups in total. The Kier molecular flexibility index (Phi) is 2.33. The van der Waals surface area contributed by atoms with Gasteiger partial charge in [0.05, 0.1) is 0 Å². The molecular formula is C9H13FN2. The molecule has 0 unspecified atom stereocenters. The molecule has 1 aromatic carbocycles. The predicted molar refractivity (Wildman–Crippen MR) is 48.2 cm³/mol. The fourth-order valence-electron chi connectivity index (χ4n) is 1.16. The average Bonchev–Trinajstić information content (AvgIpc) is 1.96. The van der Waals surface area contributed by atoms with Crippen molar-refractivity contribution >= 4 is 5.69 Å². The maximum Gasteiger partial charge on any atom is 0.123 e. The van der Waals surface area contributed by atoms with E-state index in [1.165, 1.54) is 12.1 Å². The van der Waals surface area contributed by atoms with E-state index in [1.54, 1.807) is 13.8 Å². The minimum absolute atomic E-state index is 0.223. The number of nitrogens with two attached hydrogens (primary N) is 2. The third kappa shape index (κ3) is 1.56. The quantitative estimate of drug-likeness (QED) is 0.627. The average molecular weight is 168 g/mol. The van der Waals surface area contributed by atoms with Crippen LogP contribution >= 0.6 is 0 Å². The van der Waals surface area contributed by atoms with E-state index in [9.17, 15) is 4.39 Å². The number of nitrogen functional groups attached to an aromatic ring is 1. The van der Waals surface area contributed by atoms with Crippen LogP contribution in [0.5, 0.6) is 0 Å². The lowest BCUT2D eigenvalue weighted by molar-refractivity contribution is 0.621. The normalized spacial score (nSPS) is 13.0. The Balaban J connectivity index is 3.28. The van der Waals surface area contributed by atoms with Gasteiger partial charge < -0.3 is 11.5 Å². The van der Waals surface area contributed by atoms with Crippen molar-refractivity contribution < 1.29 is 4.39 Å². The zero-order valence-corrected chi connectivity index (χ0v) is 7.26. The summed E-state index contributed by atoms with van der Waals surface area (Å²) in [7, 11) is 0. The summed E-state index contributed by atoms with van der Waals surface area (Å²) >= 11 is 0. The second-order valence-electron chi connectivity index (χ2n) is 3.01. The van der Waals surface area contributed by atoms with Crippen LogP contribution in [0.2, 0.25) is 0 Å². The first-order valence-corrected chi connectivity index (χ1v) is 3.83. The van der Waals surface area contributed by atoms with Crippen LogP contribution in [0.4, 0.5) is 10.1 Å². The molecule has 0 aromatic heterocycles. The van der Waals surface area contributed by atoms with Crippen LogP contribution in [-0.4, -0.2) is 0 Å². The minimum Gasteiger partial charge on any atom is -0.398 e. The second-order valence-corrected chi connectivity index (χ2v) is 3.01. The van der Waals surface area contributed by atoms with E-state index < -0.39 is 0 Å². The first kappa shape index (κ1) is 9.00. The summed E-state index contributed by atoms with van der Waals surface area (Å²) in [6.07, 6.45) is 0. The molecule has 0 fully saturated rings. The molecule has 0 aliphatic heterocycles. The van der Waals surface area contributed by atoms with Gasteiger partial charge in [0.15, 0.2) is 0 Å². The van der Waals surface area contributed by atoms with Gasteiger partial charge in [-0.15, -0.1) is 0 Å². The zero-order chi connectivity index (χ0) is 9.30. The van der Waals surface area contributed by atoms with Crippen molar-refractivity contribution in [1.29, 1.82) is 0 Å². The Hall–Kier alpha value is -1.09. The van der Waals surface area contributed by atoms with Crippen LogP contribution in [-0.2, 0) is 0 Å². The molecule has 2 nitrogen and oxygen atoms in total. The summed E-state index contributed by atoms with van der Waals surface area (Å²) in [5.74, 6) is -0.283. The molecular weight excluding hydrogens is 155 g/mol. The van der Waals surface area contributed by atoms with Gasteiger partial charge in [-0.25, -0.2) is 4.39 Å². The van der Waals surface area contributed by atoms with E-state index in [0.29, 0.717) is 11.3 Å². The van der Waals surface area contributed by atoms with E-state index in [0.717, 1.165) is 5.56 Å². The molecule has 12 heavy (non-hydrogen) atoms. The van der Waals surface area contributed by atoms with Crippen LogP contribution in [0.3, 0.4) is 0 Å².